The van der Waals surface area contributed by atoms with E-state index in [1.165, 1.54) is 13.2 Å². The summed E-state index contributed by atoms with van der Waals surface area (Å²) < 4.78 is 24.2. The van der Waals surface area contributed by atoms with E-state index in [0.717, 1.165) is 50.9 Å². The summed E-state index contributed by atoms with van der Waals surface area (Å²) in [7, 11) is 1.46. The lowest BCUT2D eigenvalue weighted by atomic mass is 10.0. The number of ether oxygens (including phenoxy) is 2. The Labute approximate surface area is 155 Å². The highest BCUT2D eigenvalue weighted by molar-refractivity contribution is 5.79. The van der Waals surface area contributed by atoms with Gasteiger partial charge in [-0.25, -0.2) is 9.38 Å². The molecule has 1 heterocycles. The van der Waals surface area contributed by atoms with Gasteiger partial charge in [0.05, 0.1) is 26.9 Å². The molecule has 26 heavy (non-hydrogen) atoms. The molecule has 0 amide bonds. The summed E-state index contributed by atoms with van der Waals surface area (Å²) in [5, 5.41) is 6.65. The standard InChI is InChI=1S/C19H31FN4O2/c1-5-21-18(22-13-15-6-7-17(25-4)16(20)12-15)23-14-19(2,3)24-8-10-26-11-9-24/h6-7,12H,5,8-11,13-14H2,1-4H3,(H2,21,22,23). The summed E-state index contributed by atoms with van der Waals surface area (Å²) in [6.45, 7) is 11.8. The Morgan fingerprint density at radius 3 is 2.65 bits per heavy atom. The van der Waals surface area contributed by atoms with Crippen LogP contribution in [0.1, 0.15) is 26.3 Å². The van der Waals surface area contributed by atoms with Gasteiger partial charge in [0.1, 0.15) is 0 Å². The van der Waals surface area contributed by atoms with Crippen molar-refractivity contribution >= 4 is 5.96 Å². The van der Waals surface area contributed by atoms with Gasteiger partial charge >= 0.3 is 0 Å². The minimum atomic E-state index is -0.369. The molecule has 2 rings (SSSR count). The zero-order chi connectivity index (χ0) is 19.0. The summed E-state index contributed by atoms with van der Waals surface area (Å²) in [4.78, 5) is 6.99. The van der Waals surface area contributed by atoms with Crippen molar-refractivity contribution in [2.75, 3.05) is 46.5 Å². The van der Waals surface area contributed by atoms with Gasteiger partial charge in [-0.2, -0.15) is 0 Å². The predicted octanol–water partition coefficient (Wildman–Crippen LogP) is 2.00. The normalized spacial score (nSPS) is 16.4. The first-order valence-corrected chi connectivity index (χ1v) is 9.13. The molecule has 6 nitrogen and oxygen atoms in total. The van der Waals surface area contributed by atoms with Gasteiger partial charge in [-0.3, -0.25) is 4.90 Å². The largest absolute Gasteiger partial charge is 0.494 e. The number of rotatable bonds is 7. The number of benzene rings is 1. The zero-order valence-electron chi connectivity index (χ0n) is 16.3. The van der Waals surface area contributed by atoms with Crippen LogP contribution in [0.5, 0.6) is 5.75 Å². The van der Waals surface area contributed by atoms with Crippen LogP contribution in [0, 0.1) is 5.82 Å². The zero-order valence-corrected chi connectivity index (χ0v) is 16.3. The number of nitrogens with one attached hydrogen (secondary N) is 2. The highest BCUT2D eigenvalue weighted by Crippen LogP contribution is 2.18. The van der Waals surface area contributed by atoms with Gasteiger partial charge in [0.2, 0.25) is 0 Å². The third-order valence-corrected chi connectivity index (χ3v) is 4.54. The molecular formula is C19H31FN4O2. The minimum Gasteiger partial charge on any atom is -0.494 e. The quantitative estimate of drug-likeness (QED) is 0.571. The lowest BCUT2D eigenvalue weighted by Gasteiger charge is -2.41. The molecule has 1 aliphatic heterocycles. The van der Waals surface area contributed by atoms with Gasteiger partial charge in [-0.15, -0.1) is 0 Å². The number of methoxy groups -OCH3 is 1. The van der Waals surface area contributed by atoms with Crippen molar-refractivity contribution in [3.8, 4) is 5.75 Å². The van der Waals surface area contributed by atoms with Crippen LogP contribution in [0.4, 0.5) is 4.39 Å². The summed E-state index contributed by atoms with van der Waals surface area (Å²) in [5.41, 5.74) is 0.791. The van der Waals surface area contributed by atoms with Gasteiger partial charge < -0.3 is 20.1 Å². The van der Waals surface area contributed by atoms with Crippen LogP contribution in [0.15, 0.2) is 23.2 Å². The number of halogens is 1. The maximum absolute atomic E-state index is 13.8. The fourth-order valence-corrected chi connectivity index (χ4v) is 2.90. The molecule has 0 unspecified atom stereocenters. The molecule has 0 bridgehead atoms. The Balaban J connectivity index is 1.96. The van der Waals surface area contributed by atoms with Gasteiger partial charge in [0.15, 0.2) is 17.5 Å². The van der Waals surface area contributed by atoms with Gasteiger partial charge in [-0.1, -0.05) is 6.07 Å². The van der Waals surface area contributed by atoms with Crippen LogP contribution in [0.2, 0.25) is 0 Å². The van der Waals surface area contributed by atoms with Gasteiger partial charge in [-0.05, 0) is 38.5 Å². The van der Waals surface area contributed by atoms with Crippen LogP contribution in [0.25, 0.3) is 0 Å². The van der Waals surface area contributed by atoms with Crippen molar-refractivity contribution in [2.24, 2.45) is 4.99 Å². The summed E-state index contributed by atoms with van der Waals surface area (Å²) in [6.07, 6.45) is 0. The van der Waals surface area contributed by atoms with E-state index in [1.807, 2.05) is 13.0 Å². The molecule has 146 valence electrons. The Hall–Kier alpha value is -1.86. The predicted molar refractivity (Wildman–Crippen MR) is 102 cm³/mol. The summed E-state index contributed by atoms with van der Waals surface area (Å²) in [6, 6.07) is 4.91. The van der Waals surface area contributed by atoms with Crippen molar-refractivity contribution in [1.82, 2.24) is 15.5 Å². The molecule has 1 fully saturated rings. The number of hydrogen-bond acceptors (Lipinski definition) is 4. The summed E-state index contributed by atoms with van der Waals surface area (Å²) >= 11 is 0. The fourth-order valence-electron chi connectivity index (χ4n) is 2.90. The van der Waals surface area contributed by atoms with Crippen molar-refractivity contribution < 1.29 is 13.9 Å². The van der Waals surface area contributed by atoms with Crippen LogP contribution >= 0.6 is 0 Å². The smallest absolute Gasteiger partial charge is 0.191 e. The van der Waals surface area contributed by atoms with E-state index in [2.05, 4.69) is 34.4 Å². The average Bonchev–Trinajstić information content (AvgIpc) is 2.65. The van der Waals surface area contributed by atoms with Crippen LogP contribution in [-0.4, -0.2) is 62.9 Å². The van der Waals surface area contributed by atoms with Crippen molar-refractivity contribution in [3.05, 3.63) is 29.6 Å². The van der Waals surface area contributed by atoms with E-state index in [4.69, 9.17) is 9.47 Å². The van der Waals surface area contributed by atoms with E-state index in [1.54, 1.807) is 6.07 Å². The number of hydrogen-bond donors (Lipinski definition) is 2. The lowest BCUT2D eigenvalue weighted by Crippen LogP contribution is -2.56. The first-order chi connectivity index (χ1) is 12.5. The number of morpholine rings is 1. The van der Waals surface area contributed by atoms with Crippen LogP contribution in [0.3, 0.4) is 0 Å². The Morgan fingerprint density at radius 2 is 2.04 bits per heavy atom. The molecule has 0 atom stereocenters. The molecule has 1 aliphatic rings. The molecule has 2 N–H and O–H groups in total. The molecule has 0 radical (unpaired) electrons. The van der Waals surface area contributed by atoms with Crippen molar-refractivity contribution in [3.63, 3.8) is 0 Å². The second-order valence-electron chi connectivity index (χ2n) is 6.93. The van der Waals surface area contributed by atoms with E-state index >= 15 is 0 Å². The van der Waals surface area contributed by atoms with E-state index in [9.17, 15) is 4.39 Å². The molecule has 0 aromatic heterocycles. The van der Waals surface area contributed by atoms with E-state index in [0.29, 0.717) is 6.54 Å². The lowest BCUT2D eigenvalue weighted by molar-refractivity contribution is -0.00834. The van der Waals surface area contributed by atoms with Crippen LogP contribution < -0.4 is 15.4 Å². The van der Waals surface area contributed by atoms with Crippen molar-refractivity contribution in [2.45, 2.75) is 32.9 Å². The topological polar surface area (TPSA) is 58.1 Å². The number of aliphatic imine (C=N–C) groups is 1. The monoisotopic (exact) mass is 366 g/mol. The highest BCUT2D eigenvalue weighted by Gasteiger charge is 2.28. The fraction of sp³-hybridized carbons (Fsp3) is 0.632. The Kier molecular flexibility index (Phi) is 7.66. The summed E-state index contributed by atoms with van der Waals surface area (Å²) in [5.74, 6) is 0.603. The minimum absolute atomic E-state index is 0.00775. The molecule has 0 aliphatic carbocycles. The second kappa shape index (κ2) is 9.73. The molecule has 7 heteroatoms. The van der Waals surface area contributed by atoms with Gasteiger partial charge in [0, 0.05) is 31.7 Å². The molecule has 0 spiro atoms. The average molecular weight is 366 g/mol. The maximum atomic E-state index is 13.8. The second-order valence-corrected chi connectivity index (χ2v) is 6.93. The van der Waals surface area contributed by atoms with Gasteiger partial charge in [0.25, 0.3) is 0 Å². The Morgan fingerprint density at radius 1 is 1.31 bits per heavy atom. The number of guanidine groups is 1. The third-order valence-electron chi connectivity index (χ3n) is 4.54. The SMILES string of the molecule is CCNC(=NCc1ccc(OC)c(F)c1)NCC(C)(C)N1CCOCC1. The van der Waals surface area contributed by atoms with Crippen molar-refractivity contribution in [1.29, 1.82) is 0 Å². The first kappa shape index (κ1) is 20.5. The van der Waals surface area contributed by atoms with Crippen LogP contribution in [-0.2, 0) is 11.3 Å². The highest BCUT2D eigenvalue weighted by atomic mass is 19.1. The number of nitrogens with zero attached hydrogens (tertiary/aromatic N) is 2. The third kappa shape index (κ3) is 5.85. The first-order valence-electron chi connectivity index (χ1n) is 9.13. The van der Waals surface area contributed by atoms with E-state index in [-0.39, 0.29) is 17.1 Å². The van der Waals surface area contributed by atoms with E-state index < -0.39 is 0 Å². The maximum Gasteiger partial charge on any atom is 0.191 e. The molecule has 1 aromatic rings. The molecular weight excluding hydrogens is 335 g/mol. The Bertz CT molecular complexity index is 601. The molecule has 0 saturated carbocycles. The molecule has 1 saturated heterocycles. The molecule has 1 aromatic carbocycles.